The van der Waals surface area contributed by atoms with E-state index in [0.29, 0.717) is 11.1 Å². The van der Waals surface area contributed by atoms with E-state index in [1.54, 1.807) is 26.5 Å². The lowest BCUT2D eigenvalue weighted by Gasteiger charge is -2.08. The molecule has 0 saturated carbocycles. The molecule has 0 amide bonds. The van der Waals surface area contributed by atoms with Crippen molar-refractivity contribution < 1.29 is 13.3 Å². The van der Waals surface area contributed by atoms with Gasteiger partial charge < -0.3 is 0 Å². The molecule has 1 aromatic carbocycles. The summed E-state index contributed by atoms with van der Waals surface area (Å²) < 4.78 is 30.6. The van der Waals surface area contributed by atoms with E-state index in [1.165, 1.54) is 40.0 Å². The Hall–Kier alpha value is -3.51. The maximum atomic E-state index is 13.4. The Morgan fingerprint density at radius 2 is 1.70 bits per heavy atom. The Kier molecular flexibility index (Phi) is 4.67. The van der Waals surface area contributed by atoms with Crippen molar-refractivity contribution >= 4 is 27.3 Å². The summed E-state index contributed by atoms with van der Waals surface area (Å²) in [6, 6.07) is 4.73. The Bertz CT molecular complexity index is 1390. The molecule has 0 aliphatic heterocycles. The summed E-state index contributed by atoms with van der Waals surface area (Å²) in [6.07, 6.45) is 6.20. The molecule has 0 aliphatic rings. The highest BCUT2D eigenvalue weighted by atomic mass is 35.5. The predicted molar refractivity (Wildman–Crippen MR) is 107 cm³/mol. The fourth-order valence-corrected chi connectivity index (χ4v) is 4.65. The fourth-order valence-electron chi connectivity index (χ4n) is 2.92. The van der Waals surface area contributed by atoms with E-state index >= 15 is 0 Å². The summed E-state index contributed by atoms with van der Waals surface area (Å²) in [5.74, 6) is 0. The van der Waals surface area contributed by atoms with Crippen LogP contribution in [0.1, 0.15) is 0 Å². The van der Waals surface area contributed by atoms with Gasteiger partial charge in [0.15, 0.2) is 0 Å². The molecule has 0 N–H and O–H groups in total. The minimum atomic E-state index is -4.31. The summed E-state index contributed by atoms with van der Waals surface area (Å²) in [6.45, 7) is 0. The minimum absolute atomic E-state index is 0.0880. The Labute approximate surface area is 175 Å². The van der Waals surface area contributed by atoms with E-state index in [9.17, 15) is 18.5 Å². The van der Waals surface area contributed by atoms with Gasteiger partial charge in [0.25, 0.3) is 15.7 Å². The number of non-ortho nitro benzene ring substituents is 1. The zero-order valence-corrected chi connectivity index (χ0v) is 17.2. The van der Waals surface area contributed by atoms with Gasteiger partial charge in [0.1, 0.15) is 11.4 Å². The summed E-state index contributed by atoms with van der Waals surface area (Å²) in [4.78, 5) is 10.1. The molecule has 0 atom stereocenters. The zero-order chi connectivity index (χ0) is 21.6. The predicted octanol–water partition coefficient (Wildman–Crippen LogP) is 2.48. The second-order valence-corrected chi connectivity index (χ2v) is 8.56. The lowest BCUT2D eigenvalue weighted by Crippen LogP contribution is -2.16. The van der Waals surface area contributed by atoms with Crippen LogP contribution < -0.4 is 0 Å². The Morgan fingerprint density at radius 1 is 1.07 bits per heavy atom. The molecule has 0 fully saturated rings. The number of nitrogens with zero attached hydrogens (tertiary/aromatic N) is 7. The SMILES string of the molecule is Cn1cc(-c2nn(S(=O)(=O)c3cccc([N+](=O)[O-])c3)c(-c3cnn(C)c3)c2Cl)cn1. The molecule has 11 nitrogen and oxygen atoms in total. The first-order valence-electron chi connectivity index (χ1n) is 8.45. The maximum Gasteiger partial charge on any atom is 0.283 e. The largest absolute Gasteiger partial charge is 0.283 e. The molecule has 0 bridgehead atoms. The van der Waals surface area contributed by atoms with Crippen molar-refractivity contribution in [2.75, 3.05) is 0 Å². The van der Waals surface area contributed by atoms with E-state index in [1.807, 2.05) is 0 Å². The quantitative estimate of drug-likeness (QED) is 0.339. The summed E-state index contributed by atoms with van der Waals surface area (Å²) in [5.41, 5.74) is 0.872. The summed E-state index contributed by atoms with van der Waals surface area (Å²) >= 11 is 6.56. The minimum Gasteiger partial charge on any atom is -0.275 e. The molecular weight excluding hydrogens is 434 g/mol. The maximum absolute atomic E-state index is 13.4. The highest BCUT2D eigenvalue weighted by Crippen LogP contribution is 2.38. The molecule has 0 unspecified atom stereocenters. The van der Waals surface area contributed by atoms with E-state index < -0.39 is 14.9 Å². The number of aryl methyl sites for hydroxylation is 2. The second-order valence-electron chi connectivity index (χ2n) is 6.42. The smallest absolute Gasteiger partial charge is 0.275 e. The average Bonchev–Trinajstić information content (AvgIpc) is 3.40. The highest BCUT2D eigenvalue weighted by molar-refractivity contribution is 7.90. The van der Waals surface area contributed by atoms with Crippen LogP contribution in [0.15, 0.2) is 53.9 Å². The second kappa shape index (κ2) is 7.07. The molecule has 154 valence electrons. The van der Waals surface area contributed by atoms with Crippen LogP contribution in [0.4, 0.5) is 5.69 Å². The number of benzene rings is 1. The van der Waals surface area contributed by atoms with Gasteiger partial charge in [-0.25, -0.2) is 0 Å². The van der Waals surface area contributed by atoms with Gasteiger partial charge in [-0.15, -0.1) is 0 Å². The topological polar surface area (TPSA) is 131 Å². The van der Waals surface area contributed by atoms with Gasteiger partial charge in [0.2, 0.25) is 0 Å². The van der Waals surface area contributed by atoms with Gasteiger partial charge in [-0.3, -0.25) is 19.5 Å². The molecule has 0 aliphatic carbocycles. The number of hydrogen-bond acceptors (Lipinski definition) is 7. The first-order chi connectivity index (χ1) is 14.2. The van der Waals surface area contributed by atoms with Crippen molar-refractivity contribution in [1.82, 2.24) is 28.7 Å². The van der Waals surface area contributed by atoms with E-state index in [0.717, 1.165) is 10.2 Å². The van der Waals surface area contributed by atoms with Crippen molar-refractivity contribution in [2.45, 2.75) is 4.90 Å². The molecule has 0 radical (unpaired) electrons. The third kappa shape index (κ3) is 3.25. The third-order valence-corrected chi connectivity index (χ3v) is 6.24. The molecule has 0 saturated heterocycles. The Balaban J connectivity index is 1.98. The van der Waals surface area contributed by atoms with E-state index in [4.69, 9.17) is 11.6 Å². The highest BCUT2D eigenvalue weighted by Gasteiger charge is 2.30. The number of rotatable bonds is 5. The van der Waals surface area contributed by atoms with Gasteiger partial charge >= 0.3 is 0 Å². The van der Waals surface area contributed by atoms with Crippen molar-refractivity contribution in [3.05, 3.63) is 64.2 Å². The van der Waals surface area contributed by atoms with Crippen LogP contribution in [-0.4, -0.2) is 42.1 Å². The monoisotopic (exact) mass is 447 g/mol. The first-order valence-corrected chi connectivity index (χ1v) is 10.3. The van der Waals surface area contributed by atoms with Gasteiger partial charge in [-0.1, -0.05) is 17.7 Å². The van der Waals surface area contributed by atoms with Crippen LogP contribution in [0.2, 0.25) is 5.02 Å². The van der Waals surface area contributed by atoms with Gasteiger partial charge in [-0.2, -0.15) is 27.8 Å². The molecule has 30 heavy (non-hydrogen) atoms. The number of hydrogen-bond donors (Lipinski definition) is 0. The van der Waals surface area contributed by atoms with Gasteiger partial charge in [-0.05, 0) is 6.07 Å². The fraction of sp³-hybridized carbons (Fsp3) is 0.118. The average molecular weight is 448 g/mol. The standard InChI is InChI=1S/C17H14ClN7O4S/c1-22-9-11(7-19-22)16-15(18)17(12-8-20-23(2)10-12)24(21-16)30(28,29)14-5-3-4-13(6-14)25(26)27/h3-10H,1-2H3. The van der Waals surface area contributed by atoms with Crippen LogP contribution in [0.5, 0.6) is 0 Å². The van der Waals surface area contributed by atoms with Crippen molar-refractivity contribution in [3.8, 4) is 22.5 Å². The van der Waals surface area contributed by atoms with Crippen LogP contribution in [-0.2, 0) is 24.1 Å². The Morgan fingerprint density at radius 3 is 2.27 bits per heavy atom. The van der Waals surface area contributed by atoms with Crippen molar-refractivity contribution in [1.29, 1.82) is 0 Å². The summed E-state index contributed by atoms with van der Waals surface area (Å²) in [5, 5.41) is 23.6. The van der Waals surface area contributed by atoms with Crippen LogP contribution in [0.3, 0.4) is 0 Å². The molecule has 3 aromatic heterocycles. The number of aromatic nitrogens is 6. The molecule has 4 rings (SSSR count). The normalized spacial score (nSPS) is 11.7. The first kappa shape index (κ1) is 19.8. The van der Waals surface area contributed by atoms with Crippen molar-refractivity contribution in [3.63, 3.8) is 0 Å². The van der Waals surface area contributed by atoms with Crippen LogP contribution >= 0.6 is 11.6 Å². The van der Waals surface area contributed by atoms with E-state index in [-0.39, 0.29) is 27.0 Å². The molecule has 3 heterocycles. The lowest BCUT2D eigenvalue weighted by atomic mass is 10.2. The van der Waals surface area contributed by atoms with Crippen molar-refractivity contribution in [2.24, 2.45) is 14.1 Å². The number of nitro groups is 1. The van der Waals surface area contributed by atoms with Gasteiger partial charge in [0.05, 0.1) is 27.2 Å². The van der Waals surface area contributed by atoms with Gasteiger partial charge in [0, 0.05) is 49.7 Å². The third-order valence-electron chi connectivity index (χ3n) is 4.31. The molecule has 4 aromatic rings. The lowest BCUT2D eigenvalue weighted by molar-refractivity contribution is -0.385. The van der Waals surface area contributed by atoms with E-state index in [2.05, 4.69) is 15.3 Å². The van der Waals surface area contributed by atoms with Crippen LogP contribution in [0, 0.1) is 10.1 Å². The zero-order valence-electron chi connectivity index (χ0n) is 15.7. The van der Waals surface area contributed by atoms with Crippen LogP contribution in [0.25, 0.3) is 22.5 Å². The molecular formula is C17H14ClN7O4S. The molecule has 0 spiro atoms. The summed E-state index contributed by atoms with van der Waals surface area (Å²) in [7, 11) is -0.935. The number of halogens is 1. The molecule has 13 heteroatoms. The number of nitro benzene ring substituents is 1.